The number of para-hydroxylation sites is 2. The van der Waals surface area contributed by atoms with Gasteiger partial charge in [-0.05, 0) is 19.9 Å². The van der Waals surface area contributed by atoms with Gasteiger partial charge in [0.2, 0.25) is 5.91 Å². The highest BCUT2D eigenvalue weighted by molar-refractivity contribution is 5.80. The zero-order valence-corrected chi connectivity index (χ0v) is 14.2. The molecule has 0 saturated carbocycles. The van der Waals surface area contributed by atoms with E-state index in [1.165, 1.54) is 6.07 Å². The van der Waals surface area contributed by atoms with E-state index in [1.54, 1.807) is 18.2 Å². The number of ether oxygens (including phenoxy) is 1. The summed E-state index contributed by atoms with van der Waals surface area (Å²) >= 11 is 0. The topological polar surface area (TPSA) is 81.5 Å². The van der Waals surface area contributed by atoms with Gasteiger partial charge in [-0.3, -0.25) is 14.9 Å². The van der Waals surface area contributed by atoms with Crippen LogP contribution in [-0.2, 0) is 11.2 Å². The van der Waals surface area contributed by atoms with Crippen molar-refractivity contribution in [3.63, 3.8) is 0 Å². The Kier molecular flexibility index (Phi) is 4.44. The zero-order chi connectivity index (χ0) is 18.0. The molecule has 1 N–H and O–H groups in total. The second kappa shape index (κ2) is 6.55. The normalized spacial score (nSPS) is 17.9. The van der Waals surface area contributed by atoms with Gasteiger partial charge in [-0.25, -0.2) is 0 Å². The predicted molar refractivity (Wildman–Crippen MR) is 93.5 cm³/mol. The SMILES string of the molecule is CC1(C)CC(NC(=O)Cc2ccccc2[N+](=O)[O-])c2ccccc2O1. The second-order valence-corrected chi connectivity index (χ2v) is 6.79. The van der Waals surface area contributed by atoms with Crippen LogP contribution in [0.2, 0.25) is 0 Å². The van der Waals surface area contributed by atoms with E-state index in [2.05, 4.69) is 5.32 Å². The number of benzene rings is 2. The lowest BCUT2D eigenvalue weighted by molar-refractivity contribution is -0.385. The molecule has 2 aromatic carbocycles. The number of nitrogens with one attached hydrogen (secondary N) is 1. The quantitative estimate of drug-likeness (QED) is 0.681. The highest BCUT2D eigenvalue weighted by atomic mass is 16.6. The number of hydrogen-bond donors (Lipinski definition) is 1. The van der Waals surface area contributed by atoms with Crippen molar-refractivity contribution >= 4 is 11.6 Å². The van der Waals surface area contributed by atoms with Crippen LogP contribution in [0.15, 0.2) is 48.5 Å². The molecule has 0 aromatic heterocycles. The third-order valence-electron chi connectivity index (χ3n) is 4.25. The average molecular weight is 340 g/mol. The van der Waals surface area contributed by atoms with Crippen LogP contribution in [-0.4, -0.2) is 16.4 Å². The summed E-state index contributed by atoms with van der Waals surface area (Å²) in [6.07, 6.45) is 0.601. The molecule has 1 aliphatic rings. The summed E-state index contributed by atoms with van der Waals surface area (Å²) in [5.41, 5.74) is 0.901. The van der Waals surface area contributed by atoms with E-state index in [1.807, 2.05) is 38.1 Å². The van der Waals surface area contributed by atoms with E-state index in [0.717, 1.165) is 11.3 Å². The van der Waals surface area contributed by atoms with Crippen molar-refractivity contribution in [3.05, 3.63) is 69.8 Å². The first-order valence-electron chi connectivity index (χ1n) is 8.15. The van der Waals surface area contributed by atoms with Crippen LogP contribution in [0.4, 0.5) is 5.69 Å². The molecule has 0 spiro atoms. The molecule has 0 aliphatic carbocycles. The molecule has 2 aromatic rings. The number of rotatable bonds is 4. The molecule has 1 heterocycles. The molecule has 0 bridgehead atoms. The van der Waals surface area contributed by atoms with Crippen LogP contribution in [0.25, 0.3) is 0 Å². The summed E-state index contributed by atoms with van der Waals surface area (Å²) in [7, 11) is 0. The highest BCUT2D eigenvalue weighted by Crippen LogP contribution is 2.39. The Bertz CT molecular complexity index is 817. The largest absolute Gasteiger partial charge is 0.487 e. The van der Waals surface area contributed by atoms with Crippen LogP contribution in [0, 0.1) is 10.1 Å². The van der Waals surface area contributed by atoms with Gasteiger partial charge in [0.1, 0.15) is 11.4 Å². The fraction of sp³-hybridized carbons (Fsp3) is 0.316. The Morgan fingerprint density at radius 1 is 1.24 bits per heavy atom. The Labute approximate surface area is 146 Å². The number of amides is 1. The lowest BCUT2D eigenvalue weighted by Gasteiger charge is -2.37. The van der Waals surface area contributed by atoms with Crippen LogP contribution < -0.4 is 10.1 Å². The summed E-state index contributed by atoms with van der Waals surface area (Å²) in [4.78, 5) is 23.1. The number of nitrogens with zero attached hydrogens (tertiary/aromatic N) is 1. The van der Waals surface area contributed by atoms with E-state index in [0.29, 0.717) is 12.0 Å². The molecular weight excluding hydrogens is 320 g/mol. The Hall–Kier alpha value is -2.89. The van der Waals surface area contributed by atoms with Crippen molar-refractivity contribution in [2.45, 2.75) is 38.3 Å². The third-order valence-corrected chi connectivity index (χ3v) is 4.25. The van der Waals surface area contributed by atoms with E-state index in [-0.39, 0.29) is 24.1 Å². The first-order valence-corrected chi connectivity index (χ1v) is 8.15. The first kappa shape index (κ1) is 17.0. The van der Waals surface area contributed by atoms with Crippen molar-refractivity contribution in [2.24, 2.45) is 0 Å². The summed E-state index contributed by atoms with van der Waals surface area (Å²) in [6.45, 7) is 3.95. The summed E-state index contributed by atoms with van der Waals surface area (Å²) in [6, 6.07) is 13.7. The summed E-state index contributed by atoms with van der Waals surface area (Å²) < 4.78 is 5.96. The molecule has 1 unspecified atom stereocenters. The number of nitro groups is 1. The number of nitro benzene ring substituents is 1. The Morgan fingerprint density at radius 3 is 2.68 bits per heavy atom. The van der Waals surface area contributed by atoms with Crippen LogP contribution in [0.5, 0.6) is 5.75 Å². The molecule has 1 amide bonds. The van der Waals surface area contributed by atoms with Gasteiger partial charge in [0.25, 0.3) is 5.69 Å². The molecule has 0 saturated heterocycles. The van der Waals surface area contributed by atoms with Gasteiger partial charge < -0.3 is 10.1 Å². The van der Waals surface area contributed by atoms with Crippen molar-refractivity contribution in [2.75, 3.05) is 0 Å². The van der Waals surface area contributed by atoms with Gasteiger partial charge in [0, 0.05) is 23.6 Å². The monoisotopic (exact) mass is 340 g/mol. The van der Waals surface area contributed by atoms with Gasteiger partial charge in [0.05, 0.1) is 17.4 Å². The molecule has 25 heavy (non-hydrogen) atoms. The standard InChI is InChI=1S/C19H20N2O4/c1-19(2)12-15(14-8-4-6-10-17(14)25-19)20-18(22)11-13-7-3-5-9-16(13)21(23)24/h3-10,15H,11-12H2,1-2H3,(H,20,22). The van der Waals surface area contributed by atoms with E-state index >= 15 is 0 Å². The lowest BCUT2D eigenvalue weighted by Crippen LogP contribution is -2.41. The minimum absolute atomic E-state index is 0.0306. The zero-order valence-electron chi connectivity index (χ0n) is 14.2. The van der Waals surface area contributed by atoms with Crippen molar-refractivity contribution in [1.29, 1.82) is 0 Å². The molecule has 6 heteroatoms. The van der Waals surface area contributed by atoms with Gasteiger partial charge in [-0.1, -0.05) is 36.4 Å². The minimum Gasteiger partial charge on any atom is -0.487 e. The lowest BCUT2D eigenvalue weighted by atomic mass is 9.89. The number of carbonyl (C=O) groups is 1. The van der Waals surface area contributed by atoms with Crippen molar-refractivity contribution in [1.82, 2.24) is 5.32 Å². The Morgan fingerprint density at radius 2 is 1.92 bits per heavy atom. The van der Waals surface area contributed by atoms with Gasteiger partial charge in [-0.2, -0.15) is 0 Å². The van der Waals surface area contributed by atoms with Crippen molar-refractivity contribution in [3.8, 4) is 5.75 Å². The molecule has 0 radical (unpaired) electrons. The second-order valence-electron chi connectivity index (χ2n) is 6.79. The highest BCUT2D eigenvalue weighted by Gasteiger charge is 2.34. The molecule has 6 nitrogen and oxygen atoms in total. The molecule has 3 rings (SSSR count). The fourth-order valence-electron chi connectivity index (χ4n) is 3.19. The molecule has 1 atom stereocenters. The average Bonchev–Trinajstić information content (AvgIpc) is 2.54. The maximum Gasteiger partial charge on any atom is 0.273 e. The number of fused-ring (bicyclic) bond motifs is 1. The molecule has 0 fully saturated rings. The fourth-order valence-corrected chi connectivity index (χ4v) is 3.19. The van der Waals surface area contributed by atoms with Crippen molar-refractivity contribution < 1.29 is 14.5 Å². The molecule has 130 valence electrons. The number of hydrogen-bond acceptors (Lipinski definition) is 4. The first-order chi connectivity index (χ1) is 11.9. The summed E-state index contributed by atoms with van der Waals surface area (Å²) in [5.74, 6) is 0.515. The Balaban J connectivity index is 1.79. The maximum atomic E-state index is 12.5. The van der Waals surface area contributed by atoms with Crippen LogP contribution >= 0.6 is 0 Å². The smallest absolute Gasteiger partial charge is 0.273 e. The predicted octanol–water partition coefficient (Wildman–Crippen LogP) is 3.56. The van der Waals surface area contributed by atoms with Crippen LogP contribution in [0.3, 0.4) is 0 Å². The minimum atomic E-state index is -0.463. The maximum absolute atomic E-state index is 12.5. The molecule has 1 aliphatic heterocycles. The van der Waals surface area contributed by atoms with E-state index in [9.17, 15) is 14.9 Å². The van der Waals surface area contributed by atoms with Gasteiger partial charge >= 0.3 is 0 Å². The van der Waals surface area contributed by atoms with E-state index in [4.69, 9.17) is 4.74 Å². The van der Waals surface area contributed by atoms with E-state index < -0.39 is 10.5 Å². The van der Waals surface area contributed by atoms with Crippen LogP contribution in [0.1, 0.15) is 37.4 Å². The van der Waals surface area contributed by atoms with Gasteiger partial charge in [0.15, 0.2) is 0 Å². The number of carbonyl (C=O) groups excluding carboxylic acids is 1. The third kappa shape index (κ3) is 3.79. The van der Waals surface area contributed by atoms with Gasteiger partial charge in [-0.15, -0.1) is 0 Å². The molecular formula is C19H20N2O4. The summed E-state index contributed by atoms with van der Waals surface area (Å²) in [5, 5.41) is 14.1.